The fourth-order valence-electron chi connectivity index (χ4n) is 2.79. The molecule has 2 aromatic rings. The molecule has 0 saturated heterocycles. The predicted molar refractivity (Wildman–Crippen MR) is 94.4 cm³/mol. The van der Waals surface area contributed by atoms with E-state index in [4.69, 9.17) is 4.74 Å². The Kier molecular flexibility index (Phi) is 5.76. The summed E-state index contributed by atoms with van der Waals surface area (Å²) in [5.41, 5.74) is 1.27. The van der Waals surface area contributed by atoms with Crippen molar-refractivity contribution in [2.45, 2.75) is 44.6 Å². The summed E-state index contributed by atoms with van der Waals surface area (Å²) in [6.45, 7) is 5.57. The summed E-state index contributed by atoms with van der Waals surface area (Å²) in [6.07, 6.45) is 0.253. The van der Waals surface area contributed by atoms with Crippen LogP contribution in [0.15, 0.2) is 60.7 Å². The SMILES string of the molecule is CC(C)(C)OC(=O)[C@H](c1ccccc1)[C@H](CC#N)c1ccccc1. The molecule has 0 N–H and O–H groups in total. The number of nitrogens with zero attached hydrogens (tertiary/aromatic N) is 1. The van der Waals surface area contributed by atoms with Gasteiger partial charge in [0.25, 0.3) is 0 Å². The van der Waals surface area contributed by atoms with Crippen LogP contribution < -0.4 is 0 Å². The highest BCUT2D eigenvalue weighted by atomic mass is 16.6. The van der Waals surface area contributed by atoms with Crippen LogP contribution in [0.4, 0.5) is 0 Å². The molecule has 0 aliphatic carbocycles. The van der Waals surface area contributed by atoms with Gasteiger partial charge in [-0.3, -0.25) is 4.79 Å². The van der Waals surface area contributed by atoms with E-state index in [1.165, 1.54) is 0 Å². The minimum Gasteiger partial charge on any atom is -0.459 e. The molecule has 0 spiro atoms. The van der Waals surface area contributed by atoms with Crippen molar-refractivity contribution in [2.75, 3.05) is 0 Å². The average Bonchev–Trinajstić information content (AvgIpc) is 2.54. The number of ether oxygens (including phenoxy) is 1. The summed E-state index contributed by atoms with van der Waals surface area (Å²) in [4.78, 5) is 12.9. The van der Waals surface area contributed by atoms with Crippen LogP contribution in [0, 0.1) is 11.3 Å². The van der Waals surface area contributed by atoms with Crippen LogP contribution in [0.3, 0.4) is 0 Å². The Bertz CT molecular complexity index is 696. The molecule has 2 atom stereocenters. The highest BCUT2D eigenvalue weighted by Gasteiger charge is 2.34. The van der Waals surface area contributed by atoms with Crippen LogP contribution in [-0.2, 0) is 9.53 Å². The maximum Gasteiger partial charge on any atom is 0.314 e. The second-order valence-electron chi connectivity index (χ2n) is 6.80. The zero-order valence-electron chi connectivity index (χ0n) is 14.4. The Morgan fingerprint density at radius 3 is 1.96 bits per heavy atom. The van der Waals surface area contributed by atoms with Gasteiger partial charge in [-0.25, -0.2) is 0 Å². The monoisotopic (exact) mass is 321 g/mol. The van der Waals surface area contributed by atoms with E-state index in [2.05, 4.69) is 6.07 Å². The molecule has 0 aromatic heterocycles. The molecule has 2 rings (SSSR count). The molecule has 24 heavy (non-hydrogen) atoms. The maximum atomic E-state index is 12.9. The Labute approximate surface area is 143 Å². The number of esters is 1. The van der Waals surface area contributed by atoms with Crippen LogP contribution >= 0.6 is 0 Å². The zero-order valence-corrected chi connectivity index (χ0v) is 14.4. The summed E-state index contributed by atoms with van der Waals surface area (Å²) >= 11 is 0. The minimum atomic E-state index is -0.571. The van der Waals surface area contributed by atoms with E-state index in [1.807, 2.05) is 81.4 Å². The first-order valence-electron chi connectivity index (χ1n) is 8.12. The third kappa shape index (κ3) is 4.70. The summed E-state index contributed by atoms with van der Waals surface area (Å²) < 4.78 is 5.65. The van der Waals surface area contributed by atoms with Crippen molar-refractivity contribution in [3.63, 3.8) is 0 Å². The van der Waals surface area contributed by atoms with Gasteiger partial charge < -0.3 is 4.74 Å². The number of nitriles is 1. The first-order valence-corrected chi connectivity index (χ1v) is 8.12. The van der Waals surface area contributed by atoms with E-state index >= 15 is 0 Å². The van der Waals surface area contributed by atoms with Crippen molar-refractivity contribution in [1.29, 1.82) is 5.26 Å². The van der Waals surface area contributed by atoms with Crippen LogP contribution in [0.2, 0.25) is 0 Å². The number of benzene rings is 2. The predicted octanol–water partition coefficient (Wildman–Crippen LogP) is 4.81. The van der Waals surface area contributed by atoms with Gasteiger partial charge in [-0.1, -0.05) is 60.7 Å². The van der Waals surface area contributed by atoms with Crippen molar-refractivity contribution in [3.8, 4) is 6.07 Å². The van der Waals surface area contributed by atoms with Gasteiger partial charge in [-0.15, -0.1) is 0 Å². The van der Waals surface area contributed by atoms with Crippen molar-refractivity contribution < 1.29 is 9.53 Å². The van der Waals surface area contributed by atoms with E-state index in [0.29, 0.717) is 0 Å². The lowest BCUT2D eigenvalue weighted by Crippen LogP contribution is -2.30. The van der Waals surface area contributed by atoms with E-state index in [0.717, 1.165) is 11.1 Å². The summed E-state index contributed by atoms with van der Waals surface area (Å²) in [7, 11) is 0. The number of hydrogen-bond acceptors (Lipinski definition) is 3. The van der Waals surface area contributed by atoms with Gasteiger partial charge in [-0.2, -0.15) is 5.26 Å². The number of hydrogen-bond donors (Lipinski definition) is 0. The van der Waals surface area contributed by atoms with Gasteiger partial charge in [0, 0.05) is 12.3 Å². The largest absolute Gasteiger partial charge is 0.459 e. The lowest BCUT2D eigenvalue weighted by molar-refractivity contribution is -0.157. The zero-order chi connectivity index (χ0) is 17.6. The third-order valence-electron chi connectivity index (χ3n) is 3.76. The molecular weight excluding hydrogens is 298 g/mol. The Hall–Kier alpha value is -2.60. The second kappa shape index (κ2) is 7.79. The highest BCUT2D eigenvalue weighted by molar-refractivity contribution is 5.80. The Morgan fingerprint density at radius 2 is 1.50 bits per heavy atom. The summed E-state index contributed by atoms with van der Waals surface area (Å²) in [5, 5.41) is 9.31. The van der Waals surface area contributed by atoms with Crippen LogP contribution in [-0.4, -0.2) is 11.6 Å². The lowest BCUT2D eigenvalue weighted by Gasteiger charge is -2.29. The standard InChI is InChI=1S/C21H23NO2/c1-21(2,3)24-20(23)19(17-12-8-5-9-13-17)18(14-15-22)16-10-6-4-7-11-16/h4-13,18-19H,14H2,1-3H3/t18-,19-/m1/s1. The van der Waals surface area contributed by atoms with E-state index < -0.39 is 11.5 Å². The molecular formula is C21H23NO2. The van der Waals surface area contributed by atoms with Gasteiger partial charge >= 0.3 is 5.97 Å². The fourth-order valence-corrected chi connectivity index (χ4v) is 2.79. The molecule has 0 amide bonds. The van der Waals surface area contributed by atoms with Crippen molar-refractivity contribution in [1.82, 2.24) is 0 Å². The molecule has 0 aliphatic heterocycles. The average molecular weight is 321 g/mol. The summed E-state index contributed by atoms with van der Waals surface area (Å²) in [5.74, 6) is -1.04. The highest BCUT2D eigenvalue weighted by Crippen LogP contribution is 2.37. The van der Waals surface area contributed by atoms with Gasteiger partial charge in [0.2, 0.25) is 0 Å². The van der Waals surface area contributed by atoms with E-state index in [9.17, 15) is 10.1 Å². The molecule has 2 aromatic carbocycles. The lowest BCUT2D eigenvalue weighted by atomic mass is 9.79. The smallest absolute Gasteiger partial charge is 0.314 e. The molecule has 0 heterocycles. The number of carbonyl (C=O) groups excluding carboxylic acids is 1. The van der Waals surface area contributed by atoms with Crippen LogP contribution in [0.5, 0.6) is 0 Å². The first-order chi connectivity index (χ1) is 11.4. The first kappa shape index (κ1) is 17.7. The number of rotatable bonds is 5. The molecule has 0 aliphatic rings. The van der Waals surface area contributed by atoms with Crippen LogP contribution in [0.1, 0.15) is 50.2 Å². The quantitative estimate of drug-likeness (QED) is 0.743. The topological polar surface area (TPSA) is 50.1 Å². The molecule has 0 radical (unpaired) electrons. The van der Waals surface area contributed by atoms with E-state index in [1.54, 1.807) is 0 Å². The van der Waals surface area contributed by atoms with Gasteiger partial charge in [0.15, 0.2) is 0 Å². The fraction of sp³-hybridized carbons (Fsp3) is 0.333. The molecule has 0 bridgehead atoms. The van der Waals surface area contributed by atoms with Crippen molar-refractivity contribution in [2.24, 2.45) is 0 Å². The molecule has 3 heteroatoms. The molecule has 0 unspecified atom stereocenters. The minimum absolute atomic E-state index is 0.242. The maximum absolute atomic E-state index is 12.9. The van der Waals surface area contributed by atoms with Gasteiger partial charge in [-0.05, 0) is 31.9 Å². The normalized spacial score (nSPS) is 13.6. The van der Waals surface area contributed by atoms with Crippen LogP contribution in [0.25, 0.3) is 0 Å². The van der Waals surface area contributed by atoms with Crippen molar-refractivity contribution in [3.05, 3.63) is 71.8 Å². The summed E-state index contributed by atoms with van der Waals surface area (Å²) in [6, 6.07) is 21.5. The number of carbonyl (C=O) groups is 1. The second-order valence-corrected chi connectivity index (χ2v) is 6.80. The van der Waals surface area contributed by atoms with E-state index in [-0.39, 0.29) is 18.3 Å². The molecule has 124 valence electrons. The van der Waals surface area contributed by atoms with Crippen molar-refractivity contribution >= 4 is 5.97 Å². The third-order valence-corrected chi connectivity index (χ3v) is 3.76. The molecule has 3 nitrogen and oxygen atoms in total. The Morgan fingerprint density at radius 1 is 1.00 bits per heavy atom. The van der Waals surface area contributed by atoms with Gasteiger partial charge in [0.05, 0.1) is 12.0 Å². The van der Waals surface area contributed by atoms with Gasteiger partial charge in [0.1, 0.15) is 5.60 Å². The Balaban J connectivity index is 2.47. The molecule has 0 fully saturated rings. The molecule has 0 saturated carbocycles.